The summed E-state index contributed by atoms with van der Waals surface area (Å²) in [7, 11) is 0. The number of thiophene rings is 1. The van der Waals surface area contributed by atoms with Crippen LogP contribution in [0, 0.1) is 12.7 Å². The Balaban J connectivity index is 1.59. The van der Waals surface area contributed by atoms with E-state index in [0.29, 0.717) is 18.7 Å². The van der Waals surface area contributed by atoms with E-state index in [2.05, 4.69) is 15.3 Å². The number of hydrogen-bond donors (Lipinski definition) is 1. The Kier molecular flexibility index (Phi) is 3.65. The molecular weight excluding hydrogens is 327 g/mol. The van der Waals surface area contributed by atoms with E-state index in [1.807, 2.05) is 12.3 Å². The van der Waals surface area contributed by atoms with Gasteiger partial charge in [-0.1, -0.05) is 12.1 Å². The number of nitrogens with one attached hydrogen (secondary N) is 1. The number of amides is 1. The van der Waals surface area contributed by atoms with E-state index in [9.17, 15) is 9.18 Å². The molecule has 5 nitrogen and oxygen atoms in total. The molecule has 1 fully saturated rings. The van der Waals surface area contributed by atoms with Crippen LogP contribution >= 0.6 is 11.3 Å². The summed E-state index contributed by atoms with van der Waals surface area (Å²) < 4.78 is 14.0. The molecule has 1 N–H and O–H groups in total. The summed E-state index contributed by atoms with van der Waals surface area (Å²) in [5.41, 5.74) is 1.43. The maximum absolute atomic E-state index is 14.0. The SMILES string of the molecule is Cc1csc2ncnc(NC3CC(=O)N(c4ccccc4F)C3)c12. The van der Waals surface area contributed by atoms with Crippen LogP contribution < -0.4 is 10.2 Å². The van der Waals surface area contributed by atoms with Crippen LogP contribution in [-0.4, -0.2) is 28.5 Å². The van der Waals surface area contributed by atoms with Crippen LogP contribution in [0.5, 0.6) is 0 Å². The van der Waals surface area contributed by atoms with E-state index in [4.69, 9.17) is 0 Å². The molecule has 1 atom stereocenters. The topological polar surface area (TPSA) is 58.1 Å². The molecule has 3 heterocycles. The van der Waals surface area contributed by atoms with Gasteiger partial charge in [-0.2, -0.15) is 0 Å². The van der Waals surface area contributed by atoms with Gasteiger partial charge in [-0.15, -0.1) is 11.3 Å². The van der Waals surface area contributed by atoms with E-state index in [1.54, 1.807) is 29.5 Å². The van der Waals surface area contributed by atoms with E-state index in [1.165, 1.54) is 17.3 Å². The summed E-state index contributed by atoms with van der Waals surface area (Å²) in [5.74, 6) is 0.251. The maximum atomic E-state index is 14.0. The molecule has 1 aliphatic heterocycles. The second-order valence-corrected chi connectivity index (χ2v) is 6.68. The van der Waals surface area contributed by atoms with Crippen LogP contribution in [0.15, 0.2) is 36.0 Å². The average molecular weight is 342 g/mol. The lowest BCUT2D eigenvalue weighted by Gasteiger charge is -2.18. The van der Waals surface area contributed by atoms with Gasteiger partial charge in [-0.3, -0.25) is 4.79 Å². The fourth-order valence-corrected chi connectivity index (χ4v) is 3.92. The predicted octanol–water partition coefficient (Wildman–Crippen LogP) is 3.36. The van der Waals surface area contributed by atoms with Gasteiger partial charge in [0.2, 0.25) is 5.91 Å². The molecule has 1 saturated heterocycles. The normalized spacial score (nSPS) is 17.7. The van der Waals surface area contributed by atoms with Crippen LogP contribution in [-0.2, 0) is 4.79 Å². The first-order valence-corrected chi connectivity index (χ1v) is 8.51. The van der Waals surface area contributed by atoms with Crippen molar-refractivity contribution in [3.8, 4) is 0 Å². The smallest absolute Gasteiger partial charge is 0.229 e. The quantitative estimate of drug-likeness (QED) is 0.793. The summed E-state index contributed by atoms with van der Waals surface area (Å²) in [5, 5.41) is 6.35. The van der Waals surface area contributed by atoms with Crippen molar-refractivity contribution in [3.63, 3.8) is 0 Å². The molecule has 0 aliphatic carbocycles. The van der Waals surface area contributed by atoms with Crippen LogP contribution in [0.4, 0.5) is 15.9 Å². The van der Waals surface area contributed by atoms with Crippen LogP contribution in [0.25, 0.3) is 10.2 Å². The Morgan fingerprint density at radius 3 is 3.00 bits per heavy atom. The molecule has 0 radical (unpaired) electrons. The van der Waals surface area contributed by atoms with Gasteiger partial charge in [0.05, 0.1) is 17.1 Å². The lowest BCUT2D eigenvalue weighted by Crippen LogP contribution is -2.28. The lowest BCUT2D eigenvalue weighted by atomic mass is 10.2. The number of rotatable bonds is 3. The fraction of sp³-hybridized carbons (Fsp3) is 0.235. The highest BCUT2D eigenvalue weighted by atomic mass is 32.1. The van der Waals surface area contributed by atoms with Crippen molar-refractivity contribution in [3.05, 3.63) is 47.4 Å². The third kappa shape index (κ3) is 2.50. The van der Waals surface area contributed by atoms with Crippen molar-refractivity contribution >= 4 is 39.0 Å². The van der Waals surface area contributed by atoms with Crippen molar-refractivity contribution in [2.75, 3.05) is 16.8 Å². The average Bonchev–Trinajstić information content (AvgIpc) is 3.12. The Hall–Kier alpha value is -2.54. The second-order valence-electron chi connectivity index (χ2n) is 5.82. The maximum Gasteiger partial charge on any atom is 0.229 e. The minimum absolute atomic E-state index is 0.0926. The van der Waals surface area contributed by atoms with Crippen LogP contribution in [0.3, 0.4) is 0 Å². The van der Waals surface area contributed by atoms with Gasteiger partial charge in [0.25, 0.3) is 0 Å². The molecule has 0 bridgehead atoms. The minimum Gasteiger partial charge on any atom is -0.364 e. The molecule has 1 unspecified atom stereocenters. The number of carbonyl (C=O) groups excluding carboxylic acids is 1. The number of halogens is 1. The Morgan fingerprint density at radius 2 is 2.17 bits per heavy atom. The molecule has 0 spiro atoms. The minimum atomic E-state index is -0.385. The van der Waals surface area contributed by atoms with Crippen LogP contribution in [0.1, 0.15) is 12.0 Å². The molecule has 0 saturated carbocycles. The van der Waals surface area contributed by atoms with Gasteiger partial charge in [-0.05, 0) is 30.0 Å². The Labute approximate surface area is 142 Å². The van der Waals surface area contributed by atoms with E-state index < -0.39 is 0 Å². The highest BCUT2D eigenvalue weighted by Gasteiger charge is 2.32. The zero-order valence-corrected chi connectivity index (χ0v) is 13.8. The van der Waals surface area contributed by atoms with Gasteiger partial charge in [0.1, 0.15) is 22.8 Å². The van der Waals surface area contributed by atoms with Gasteiger partial charge in [0, 0.05) is 13.0 Å². The summed E-state index contributed by atoms with van der Waals surface area (Å²) >= 11 is 1.57. The first-order chi connectivity index (χ1) is 11.6. The molecule has 1 aliphatic rings. The summed E-state index contributed by atoms with van der Waals surface area (Å²) in [6.45, 7) is 2.42. The number of nitrogens with zero attached hydrogens (tertiary/aromatic N) is 3. The summed E-state index contributed by atoms with van der Waals surface area (Å²) in [4.78, 5) is 23.3. The molecule has 122 valence electrons. The highest BCUT2D eigenvalue weighted by molar-refractivity contribution is 7.17. The molecule has 7 heteroatoms. The molecule has 1 amide bonds. The van der Waals surface area contributed by atoms with E-state index in [-0.39, 0.29) is 17.8 Å². The zero-order valence-electron chi connectivity index (χ0n) is 13.0. The molecule has 1 aromatic carbocycles. The zero-order chi connectivity index (χ0) is 16.7. The first-order valence-electron chi connectivity index (χ1n) is 7.63. The molecular formula is C17H15FN4OS. The van der Waals surface area contributed by atoms with Crippen molar-refractivity contribution in [2.45, 2.75) is 19.4 Å². The number of para-hydroxylation sites is 1. The number of aromatic nitrogens is 2. The van der Waals surface area contributed by atoms with Gasteiger partial charge >= 0.3 is 0 Å². The largest absolute Gasteiger partial charge is 0.364 e. The van der Waals surface area contributed by atoms with E-state index >= 15 is 0 Å². The number of carbonyl (C=O) groups is 1. The number of anilines is 2. The fourth-order valence-electron chi connectivity index (χ4n) is 3.03. The number of benzene rings is 1. The second kappa shape index (κ2) is 5.83. The molecule has 3 aromatic rings. The monoisotopic (exact) mass is 342 g/mol. The number of hydrogen-bond acceptors (Lipinski definition) is 5. The van der Waals surface area contributed by atoms with Gasteiger partial charge < -0.3 is 10.2 Å². The Morgan fingerprint density at radius 1 is 1.33 bits per heavy atom. The van der Waals surface area contributed by atoms with Crippen molar-refractivity contribution < 1.29 is 9.18 Å². The third-order valence-electron chi connectivity index (χ3n) is 4.16. The summed E-state index contributed by atoms with van der Waals surface area (Å²) in [6.07, 6.45) is 1.83. The first kappa shape index (κ1) is 15.0. The summed E-state index contributed by atoms with van der Waals surface area (Å²) in [6, 6.07) is 6.23. The molecule has 24 heavy (non-hydrogen) atoms. The van der Waals surface area contributed by atoms with Crippen molar-refractivity contribution in [1.82, 2.24) is 9.97 Å². The predicted molar refractivity (Wildman–Crippen MR) is 92.9 cm³/mol. The van der Waals surface area contributed by atoms with Crippen LogP contribution in [0.2, 0.25) is 0 Å². The molecule has 2 aromatic heterocycles. The van der Waals surface area contributed by atoms with Crippen molar-refractivity contribution in [1.29, 1.82) is 0 Å². The van der Waals surface area contributed by atoms with Crippen molar-refractivity contribution in [2.24, 2.45) is 0 Å². The highest BCUT2D eigenvalue weighted by Crippen LogP contribution is 2.31. The van der Waals surface area contributed by atoms with Gasteiger partial charge in [0.15, 0.2) is 0 Å². The number of aryl methyl sites for hydroxylation is 1. The standard InChI is InChI=1S/C17H15FN4OS/c1-10-8-24-17-15(10)16(19-9-20-17)21-11-6-14(23)22(7-11)13-5-3-2-4-12(13)18/h2-5,8-9,11H,6-7H2,1H3,(H,19,20,21). The van der Waals surface area contributed by atoms with E-state index in [0.717, 1.165) is 21.6 Å². The number of fused-ring (bicyclic) bond motifs is 1. The van der Waals surface area contributed by atoms with Gasteiger partial charge in [-0.25, -0.2) is 14.4 Å². The third-order valence-corrected chi connectivity index (χ3v) is 5.17. The molecule has 4 rings (SSSR count). The lowest BCUT2D eigenvalue weighted by molar-refractivity contribution is -0.117. The Bertz CT molecular complexity index is 926.